The molecule has 0 bridgehead atoms. The van der Waals surface area contributed by atoms with Gasteiger partial charge in [0.25, 0.3) is 0 Å². The SMILES string of the molecule is CO/N=C(\C)c1nc(C)c(-c2c(F)cccc2F)c(C(C)(C)C)n1. The molecule has 2 aromatic rings. The van der Waals surface area contributed by atoms with Gasteiger partial charge < -0.3 is 4.84 Å². The van der Waals surface area contributed by atoms with Gasteiger partial charge in [-0.3, -0.25) is 0 Å². The number of aromatic nitrogens is 2. The van der Waals surface area contributed by atoms with Crippen LogP contribution in [0.25, 0.3) is 11.1 Å². The summed E-state index contributed by atoms with van der Waals surface area (Å²) in [6, 6.07) is 3.80. The normalized spacial score (nSPS) is 12.4. The third kappa shape index (κ3) is 3.42. The summed E-state index contributed by atoms with van der Waals surface area (Å²) in [5, 5.41) is 3.84. The van der Waals surface area contributed by atoms with Crippen LogP contribution in [0.3, 0.4) is 0 Å². The quantitative estimate of drug-likeness (QED) is 0.618. The number of aryl methyl sites for hydroxylation is 1. The van der Waals surface area contributed by atoms with E-state index < -0.39 is 17.0 Å². The smallest absolute Gasteiger partial charge is 0.177 e. The van der Waals surface area contributed by atoms with Gasteiger partial charge in [-0.1, -0.05) is 32.0 Å². The number of oxime groups is 1. The second-order valence-electron chi connectivity index (χ2n) is 6.56. The Morgan fingerprint density at radius 3 is 2.17 bits per heavy atom. The molecule has 0 spiro atoms. The van der Waals surface area contributed by atoms with Crippen LogP contribution in [0.15, 0.2) is 23.4 Å². The maximum atomic E-state index is 14.3. The molecule has 128 valence electrons. The molecule has 0 N–H and O–H groups in total. The summed E-state index contributed by atoms with van der Waals surface area (Å²) in [6.07, 6.45) is 0. The van der Waals surface area contributed by atoms with Crippen LogP contribution in [-0.2, 0) is 10.3 Å². The van der Waals surface area contributed by atoms with E-state index in [9.17, 15) is 8.78 Å². The highest BCUT2D eigenvalue weighted by atomic mass is 19.1. The Bertz CT molecular complexity index is 775. The monoisotopic (exact) mass is 333 g/mol. The molecule has 0 amide bonds. The van der Waals surface area contributed by atoms with Crippen LogP contribution in [0, 0.1) is 18.6 Å². The average Bonchev–Trinajstić information content (AvgIpc) is 2.47. The molecule has 2 rings (SSSR count). The van der Waals surface area contributed by atoms with Gasteiger partial charge in [-0.25, -0.2) is 18.7 Å². The van der Waals surface area contributed by atoms with Gasteiger partial charge in [-0.2, -0.15) is 0 Å². The van der Waals surface area contributed by atoms with Gasteiger partial charge in [0, 0.05) is 16.7 Å². The van der Waals surface area contributed by atoms with Crippen LogP contribution < -0.4 is 0 Å². The Labute approximate surface area is 140 Å². The first-order valence-electron chi connectivity index (χ1n) is 7.58. The van der Waals surface area contributed by atoms with Crippen LogP contribution >= 0.6 is 0 Å². The number of hydrogen-bond donors (Lipinski definition) is 0. The first-order chi connectivity index (χ1) is 11.2. The fourth-order valence-electron chi connectivity index (χ4n) is 2.49. The van der Waals surface area contributed by atoms with Gasteiger partial charge in [0.15, 0.2) is 5.82 Å². The first-order valence-corrected chi connectivity index (χ1v) is 7.58. The van der Waals surface area contributed by atoms with Gasteiger partial charge in [-0.05, 0) is 26.0 Å². The third-order valence-electron chi connectivity index (χ3n) is 3.56. The first kappa shape index (κ1) is 18.0. The lowest BCUT2D eigenvalue weighted by atomic mass is 9.85. The molecular weight excluding hydrogens is 312 g/mol. The Kier molecular flexibility index (Phi) is 4.96. The van der Waals surface area contributed by atoms with Crippen molar-refractivity contribution in [1.29, 1.82) is 0 Å². The summed E-state index contributed by atoms with van der Waals surface area (Å²) in [5.74, 6) is -0.899. The number of benzene rings is 1. The minimum atomic E-state index is -0.637. The molecule has 0 aliphatic heterocycles. The highest BCUT2D eigenvalue weighted by molar-refractivity contribution is 5.95. The van der Waals surface area contributed by atoms with Crippen LogP contribution in [0.2, 0.25) is 0 Å². The van der Waals surface area contributed by atoms with E-state index in [-0.39, 0.29) is 5.56 Å². The van der Waals surface area contributed by atoms with Crippen LogP contribution in [-0.4, -0.2) is 22.8 Å². The highest BCUT2D eigenvalue weighted by Gasteiger charge is 2.27. The Balaban J connectivity index is 2.84. The van der Waals surface area contributed by atoms with Crippen molar-refractivity contribution in [3.8, 4) is 11.1 Å². The van der Waals surface area contributed by atoms with Crippen LogP contribution in [0.4, 0.5) is 8.78 Å². The minimum absolute atomic E-state index is 0.104. The summed E-state index contributed by atoms with van der Waals surface area (Å²) in [4.78, 5) is 13.7. The third-order valence-corrected chi connectivity index (χ3v) is 3.56. The maximum Gasteiger partial charge on any atom is 0.177 e. The second-order valence-corrected chi connectivity index (χ2v) is 6.56. The molecule has 0 fully saturated rings. The summed E-state index contributed by atoms with van der Waals surface area (Å²) in [6.45, 7) is 9.23. The molecule has 0 radical (unpaired) electrons. The van der Waals surface area contributed by atoms with E-state index in [2.05, 4.69) is 15.1 Å². The topological polar surface area (TPSA) is 47.4 Å². The fraction of sp³-hybridized carbons (Fsp3) is 0.389. The van der Waals surface area contributed by atoms with Crippen LogP contribution in [0.1, 0.15) is 44.9 Å². The van der Waals surface area contributed by atoms with Crippen molar-refractivity contribution in [3.63, 3.8) is 0 Å². The van der Waals surface area contributed by atoms with E-state index in [1.807, 2.05) is 20.8 Å². The Morgan fingerprint density at radius 1 is 1.08 bits per heavy atom. The molecule has 1 heterocycles. The van der Waals surface area contributed by atoms with E-state index in [0.717, 1.165) is 0 Å². The predicted octanol–water partition coefficient (Wildman–Crippen LogP) is 4.40. The Hall–Kier alpha value is -2.37. The number of nitrogens with zero attached hydrogens (tertiary/aromatic N) is 3. The maximum absolute atomic E-state index is 14.3. The molecule has 0 saturated heterocycles. The number of rotatable bonds is 3. The van der Waals surface area contributed by atoms with Crippen molar-refractivity contribution in [2.45, 2.75) is 40.0 Å². The van der Waals surface area contributed by atoms with Gasteiger partial charge in [0.05, 0.1) is 11.3 Å². The second kappa shape index (κ2) is 6.63. The van der Waals surface area contributed by atoms with Crippen molar-refractivity contribution in [1.82, 2.24) is 9.97 Å². The van der Waals surface area contributed by atoms with E-state index in [4.69, 9.17) is 4.84 Å². The average molecular weight is 333 g/mol. The molecule has 4 nitrogen and oxygen atoms in total. The molecule has 24 heavy (non-hydrogen) atoms. The van der Waals surface area contributed by atoms with Crippen molar-refractivity contribution in [2.24, 2.45) is 5.16 Å². The lowest BCUT2D eigenvalue weighted by molar-refractivity contribution is 0.213. The summed E-state index contributed by atoms with van der Waals surface area (Å²) in [5.41, 5.74) is 1.37. The Morgan fingerprint density at radius 2 is 1.67 bits per heavy atom. The molecule has 0 saturated carbocycles. The zero-order valence-electron chi connectivity index (χ0n) is 14.7. The zero-order chi connectivity index (χ0) is 18.1. The van der Waals surface area contributed by atoms with Crippen LogP contribution in [0.5, 0.6) is 0 Å². The van der Waals surface area contributed by atoms with Crippen molar-refractivity contribution in [3.05, 3.63) is 47.0 Å². The molecule has 0 aliphatic rings. The molecule has 1 aromatic carbocycles. The minimum Gasteiger partial charge on any atom is -0.399 e. The molecular formula is C18H21F2N3O. The summed E-state index contributed by atoms with van der Waals surface area (Å²) in [7, 11) is 1.43. The standard InChI is InChI=1S/C18H21F2N3O/c1-10-14(15-12(19)8-7-9-13(15)20)16(18(3,4)5)22-17(21-10)11(2)23-24-6/h7-9H,1-6H3/b23-11+. The molecule has 6 heteroatoms. The fourth-order valence-corrected chi connectivity index (χ4v) is 2.49. The van der Waals surface area contributed by atoms with Crippen molar-refractivity contribution < 1.29 is 13.6 Å². The predicted molar refractivity (Wildman–Crippen MR) is 90.0 cm³/mol. The molecule has 0 unspecified atom stereocenters. The van der Waals surface area contributed by atoms with Gasteiger partial charge in [-0.15, -0.1) is 0 Å². The van der Waals surface area contributed by atoms with Gasteiger partial charge in [0.1, 0.15) is 24.5 Å². The van der Waals surface area contributed by atoms with E-state index in [1.165, 1.54) is 25.3 Å². The number of hydrogen-bond acceptors (Lipinski definition) is 4. The van der Waals surface area contributed by atoms with Gasteiger partial charge in [0.2, 0.25) is 0 Å². The van der Waals surface area contributed by atoms with E-state index in [0.29, 0.717) is 28.5 Å². The molecule has 0 atom stereocenters. The lowest BCUT2D eigenvalue weighted by Gasteiger charge is -2.24. The van der Waals surface area contributed by atoms with E-state index in [1.54, 1.807) is 13.8 Å². The number of halogens is 2. The molecule has 0 aliphatic carbocycles. The van der Waals surface area contributed by atoms with Crippen molar-refractivity contribution in [2.75, 3.05) is 7.11 Å². The molecule has 1 aromatic heterocycles. The highest BCUT2D eigenvalue weighted by Crippen LogP contribution is 2.36. The zero-order valence-corrected chi connectivity index (χ0v) is 14.7. The van der Waals surface area contributed by atoms with Gasteiger partial charge >= 0.3 is 0 Å². The van der Waals surface area contributed by atoms with E-state index >= 15 is 0 Å². The largest absolute Gasteiger partial charge is 0.399 e. The lowest BCUT2D eigenvalue weighted by Crippen LogP contribution is -2.20. The summed E-state index contributed by atoms with van der Waals surface area (Å²) < 4.78 is 28.6. The summed E-state index contributed by atoms with van der Waals surface area (Å²) >= 11 is 0. The van der Waals surface area contributed by atoms with Crippen molar-refractivity contribution >= 4 is 5.71 Å².